The van der Waals surface area contributed by atoms with Crippen molar-refractivity contribution in [1.29, 1.82) is 0 Å². The minimum absolute atomic E-state index is 0.0510. The predicted molar refractivity (Wildman–Crippen MR) is 152 cm³/mol. The molecule has 0 radical (unpaired) electrons. The van der Waals surface area contributed by atoms with Crippen LogP contribution in [-0.4, -0.2) is 55.9 Å². The first-order valence-electron chi connectivity index (χ1n) is 13.7. The Morgan fingerprint density at radius 3 is 2.78 bits per heavy atom. The summed E-state index contributed by atoms with van der Waals surface area (Å²) in [6.45, 7) is 5.96. The smallest absolute Gasteiger partial charge is 0.304 e. The van der Waals surface area contributed by atoms with Gasteiger partial charge in [-0.1, -0.05) is 23.4 Å². The minimum atomic E-state index is -3.90. The van der Waals surface area contributed by atoms with Gasteiger partial charge in [-0.15, -0.1) is 5.10 Å². The number of benzene rings is 2. The van der Waals surface area contributed by atoms with Gasteiger partial charge in [0, 0.05) is 25.7 Å². The van der Waals surface area contributed by atoms with E-state index in [1.807, 2.05) is 46.0 Å². The average molecular weight is 576 g/mol. The highest BCUT2D eigenvalue weighted by molar-refractivity contribution is 7.89. The number of aliphatic carboxylic acids is 1. The van der Waals surface area contributed by atoms with Crippen molar-refractivity contribution in [2.45, 2.75) is 69.4 Å². The lowest BCUT2D eigenvalue weighted by Crippen LogP contribution is -2.42. The van der Waals surface area contributed by atoms with Crippen LogP contribution in [0.25, 0.3) is 11.0 Å². The van der Waals surface area contributed by atoms with E-state index in [2.05, 4.69) is 21.4 Å². The number of aryl methyl sites for hydroxylation is 3. The van der Waals surface area contributed by atoms with E-state index in [1.54, 1.807) is 10.7 Å². The molecule has 0 bridgehead atoms. The highest BCUT2D eigenvalue weighted by atomic mass is 32.2. The Labute approximate surface area is 239 Å². The number of carboxylic acid groups (broad SMARTS) is 1. The fourth-order valence-electron chi connectivity index (χ4n) is 6.30. The first-order chi connectivity index (χ1) is 19.4. The van der Waals surface area contributed by atoms with Gasteiger partial charge < -0.3 is 9.84 Å². The SMILES string of the molecule is Cc1c(C(CC(=O)O)c2cc3c(c(CN4CC(C)(C)Oc5ncccc5S4(=O)=O)c2)CCC3)ccc2c1nnn2C. The van der Waals surface area contributed by atoms with Gasteiger partial charge in [-0.25, -0.2) is 18.1 Å². The molecule has 1 N–H and O–H groups in total. The normalized spacial score (nSPS) is 18.3. The van der Waals surface area contributed by atoms with Crippen LogP contribution in [0.1, 0.15) is 66.0 Å². The van der Waals surface area contributed by atoms with Crippen molar-refractivity contribution in [1.82, 2.24) is 24.3 Å². The van der Waals surface area contributed by atoms with E-state index in [0.717, 1.165) is 63.7 Å². The molecule has 41 heavy (non-hydrogen) atoms. The zero-order chi connectivity index (χ0) is 29.1. The van der Waals surface area contributed by atoms with E-state index < -0.39 is 27.5 Å². The van der Waals surface area contributed by atoms with Crippen molar-refractivity contribution in [3.05, 3.63) is 76.0 Å². The van der Waals surface area contributed by atoms with Crippen molar-refractivity contribution in [2.24, 2.45) is 7.05 Å². The molecule has 0 saturated carbocycles. The molecule has 1 aliphatic carbocycles. The maximum absolute atomic E-state index is 13.9. The second-order valence-electron chi connectivity index (χ2n) is 11.6. The van der Waals surface area contributed by atoms with E-state index >= 15 is 0 Å². The summed E-state index contributed by atoms with van der Waals surface area (Å²) in [6.07, 6.45) is 4.11. The van der Waals surface area contributed by atoms with Crippen LogP contribution < -0.4 is 4.74 Å². The Hall–Kier alpha value is -3.83. The molecule has 2 aromatic heterocycles. The maximum atomic E-state index is 13.9. The van der Waals surface area contributed by atoms with Gasteiger partial charge in [0.2, 0.25) is 15.9 Å². The Bertz CT molecular complexity index is 1800. The van der Waals surface area contributed by atoms with Gasteiger partial charge >= 0.3 is 5.97 Å². The molecule has 11 heteroatoms. The third-order valence-corrected chi connectivity index (χ3v) is 10.0. The number of ether oxygens (including phenoxy) is 1. The molecule has 0 saturated heterocycles. The summed E-state index contributed by atoms with van der Waals surface area (Å²) in [6, 6.07) is 11.1. The second-order valence-corrected chi connectivity index (χ2v) is 13.5. The summed E-state index contributed by atoms with van der Waals surface area (Å²) >= 11 is 0. The molecule has 1 unspecified atom stereocenters. The number of pyridine rings is 1. The van der Waals surface area contributed by atoms with Crippen molar-refractivity contribution >= 4 is 27.0 Å². The van der Waals surface area contributed by atoms with Gasteiger partial charge in [0.15, 0.2) is 0 Å². The molecule has 6 rings (SSSR count). The van der Waals surface area contributed by atoms with Gasteiger partial charge in [0.25, 0.3) is 0 Å². The summed E-state index contributed by atoms with van der Waals surface area (Å²) in [7, 11) is -2.08. The van der Waals surface area contributed by atoms with Crippen LogP contribution >= 0.6 is 0 Å². The molecule has 2 aromatic carbocycles. The zero-order valence-corrected chi connectivity index (χ0v) is 24.4. The van der Waals surface area contributed by atoms with E-state index in [1.165, 1.54) is 16.6 Å². The van der Waals surface area contributed by atoms with Gasteiger partial charge in [-0.05, 0) is 91.6 Å². The number of sulfonamides is 1. The van der Waals surface area contributed by atoms with Crippen LogP contribution in [0.3, 0.4) is 0 Å². The van der Waals surface area contributed by atoms with Crippen LogP contribution in [0.2, 0.25) is 0 Å². The van der Waals surface area contributed by atoms with Crippen molar-refractivity contribution in [3.8, 4) is 5.88 Å². The van der Waals surface area contributed by atoms with Crippen LogP contribution in [-0.2, 0) is 41.3 Å². The highest BCUT2D eigenvalue weighted by Gasteiger charge is 2.40. The number of aromatic nitrogens is 4. The molecule has 0 fully saturated rings. The zero-order valence-electron chi connectivity index (χ0n) is 23.6. The molecule has 3 heterocycles. The number of nitrogens with zero attached hydrogens (tertiary/aromatic N) is 5. The number of carboxylic acids is 1. The maximum Gasteiger partial charge on any atom is 0.304 e. The number of rotatable bonds is 6. The molecular formula is C30H33N5O5S. The van der Waals surface area contributed by atoms with Crippen LogP contribution in [0, 0.1) is 6.92 Å². The first kappa shape index (κ1) is 27.3. The summed E-state index contributed by atoms with van der Waals surface area (Å²) in [5, 5.41) is 18.4. The monoisotopic (exact) mass is 575 g/mol. The van der Waals surface area contributed by atoms with Crippen LogP contribution in [0.5, 0.6) is 5.88 Å². The van der Waals surface area contributed by atoms with Crippen LogP contribution in [0.15, 0.2) is 47.5 Å². The molecule has 1 atom stereocenters. The lowest BCUT2D eigenvalue weighted by molar-refractivity contribution is -0.137. The minimum Gasteiger partial charge on any atom is -0.481 e. The molecular weight excluding hydrogens is 542 g/mol. The van der Waals surface area contributed by atoms with Gasteiger partial charge in [0.05, 0.1) is 18.5 Å². The number of hydrogen-bond acceptors (Lipinski definition) is 7. The summed E-state index contributed by atoms with van der Waals surface area (Å²) in [5.41, 5.74) is 6.64. The van der Waals surface area contributed by atoms with Gasteiger partial charge in [-0.3, -0.25) is 4.79 Å². The summed E-state index contributed by atoms with van der Waals surface area (Å²) < 4.78 is 37.0. The second kappa shape index (κ2) is 9.92. The lowest BCUT2D eigenvalue weighted by Gasteiger charge is -2.29. The third kappa shape index (κ3) is 4.87. The lowest BCUT2D eigenvalue weighted by atomic mass is 9.83. The Morgan fingerprint density at radius 1 is 1.20 bits per heavy atom. The number of fused-ring (bicyclic) bond motifs is 3. The Morgan fingerprint density at radius 2 is 2.00 bits per heavy atom. The molecule has 0 spiro atoms. The standard InChI is InChI=1S/C30H33N5O5S/c1-18-22(10-11-25-28(18)32-33-34(25)4)24(15-27(36)37)20-13-19-7-5-8-23(19)21(14-20)16-35-17-30(2,3)40-29-26(41(35,38)39)9-6-12-31-29/h6,9-14,24H,5,7-8,15-17H2,1-4H3,(H,36,37). The molecule has 4 aromatic rings. The molecule has 214 valence electrons. The fraction of sp³-hybridized carbons (Fsp3) is 0.400. The first-order valence-corrected chi connectivity index (χ1v) is 15.2. The summed E-state index contributed by atoms with van der Waals surface area (Å²) in [5.74, 6) is -1.24. The molecule has 1 aliphatic heterocycles. The van der Waals surface area contributed by atoms with Crippen molar-refractivity contribution in [2.75, 3.05) is 6.54 Å². The third-order valence-electron chi connectivity index (χ3n) is 8.20. The number of carbonyl (C=O) groups is 1. The van der Waals surface area contributed by atoms with Gasteiger partial charge in [0.1, 0.15) is 16.0 Å². The van der Waals surface area contributed by atoms with E-state index in [9.17, 15) is 18.3 Å². The van der Waals surface area contributed by atoms with Gasteiger partial charge in [-0.2, -0.15) is 4.31 Å². The van der Waals surface area contributed by atoms with Crippen LogP contribution in [0.4, 0.5) is 0 Å². The summed E-state index contributed by atoms with van der Waals surface area (Å²) in [4.78, 5) is 16.4. The van der Waals surface area contributed by atoms with E-state index in [4.69, 9.17) is 4.74 Å². The van der Waals surface area contributed by atoms with Crippen molar-refractivity contribution < 1.29 is 23.1 Å². The van der Waals surface area contributed by atoms with E-state index in [0.29, 0.717) is 0 Å². The molecule has 2 aliphatic rings. The van der Waals surface area contributed by atoms with E-state index in [-0.39, 0.29) is 30.3 Å². The largest absolute Gasteiger partial charge is 0.481 e. The highest BCUT2D eigenvalue weighted by Crippen LogP contribution is 2.39. The molecule has 0 amide bonds. The fourth-order valence-corrected chi connectivity index (χ4v) is 7.93. The molecule has 10 nitrogen and oxygen atoms in total. The Kier molecular flexibility index (Phi) is 6.61. The Balaban J connectivity index is 1.46. The average Bonchev–Trinajstić information content (AvgIpc) is 3.52. The quantitative estimate of drug-likeness (QED) is 0.364. The number of hydrogen-bond donors (Lipinski definition) is 1. The topological polar surface area (TPSA) is 128 Å². The van der Waals surface area contributed by atoms with Crippen molar-refractivity contribution in [3.63, 3.8) is 0 Å². The predicted octanol–water partition coefficient (Wildman–Crippen LogP) is 4.13.